The van der Waals surface area contributed by atoms with Crippen molar-refractivity contribution in [1.82, 2.24) is 19.7 Å². The largest absolute Gasteiger partial charge is 0.358 e. The van der Waals surface area contributed by atoms with E-state index in [0.29, 0.717) is 17.9 Å². The zero-order valence-corrected chi connectivity index (χ0v) is 15.4. The molecule has 0 spiro atoms. The Morgan fingerprint density at radius 1 is 1.38 bits per heavy atom. The first-order valence-electron chi connectivity index (χ1n) is 8.84. The van der Waals surface area contributed by atoms with Crippen molar-refractivity contribution in [1.29, 1.82) is 0 Å². The number of nitrogens with one attached hydrogen (secondary N) is 2. The number of likely N-dealkylation sites (N-methyl/N-ethyl adjacent to an activating group) is 1. The summed E-state index contributed by atoms with van der Waals surface area (Å²) in [5.41, 5.74) is 11.9. The number of H-pyrrole nitrogens is 1. The topological polar surface area (TPSA) is 92.0 Å². The number of aryl methyl sites for hydroxylation is 1. The van der Waals surface area contributed by atoms with E-state index in [1.54, 1.807) is 4.68 Å². The van der Waals surface area contributed by atoms with Crippen molar-refractivity contribution < 1.29 is 4.79 Å². The molecule has 7 heteroatoms. The third kappa shape index (κ3) is 2.69. The molecule has 0 fully saturated rings. The Morgan fingerprint density at radius 2 is 2.19 bits per heavy atom. The maximum absolute atomic E-state index is 12.8. The molecule has 1 aliphatic rings. The number of rotatable bonds is 3. The number of carbonyl (C=O) groups is 1. The Balaban J connectivity index is 1.67. The van der Waals surface area contributed by atoms with Gasteiger partial charge < -0.3 is 20.9 Å². The second-order valence-corrected chi connectivity index (χ2v) is 7.02. The van der Waals surface area contributed by atoms with E-state index in [2.05, 4.69) is 27.3 Å². The van der Waals surface area contributed by atoms with Crippen molar-refractivity contribution in [2.24, 2.45) is 12.8 Å². The lowest BCUT2D eigenvalue weighted by atomic mass is 10.0. The summed E-state index contributed by atoms with van der Waals surface area (Å²) in [6.45, 7) is 4.23. The molecule has 26 heavy (non-hydrogen) atoms. The molecule has 2 aromatic heterocycles. The molecule has 0 saturated heterocycles. The van der Waals surface area contributed by atoms with Gasteiger partial charge in [0.2, 0.25) is 0 Å². The first-order valence-corrected chi connectivity index (χ1v) is 8.84. The molecule has 0 unspecified atom stereocenters. The van der Waals surface area contributed by atoms with E-state index in [4.69, 9.17) is 5.73 Å². The molecule has 4 rings (SSSR count). The van der Waals surface area contributed by atoms with Crippen LogP contribution < -0.4 is 11.1 Å². The van der Waals surface area contributed by atoms with Gasteiger partial charge in [0.05, 0.1) is 0 Å². The Kier molecular flexibility index (Phi) is 4.05. The molecule has 0 saturated carbocycles. The van der Waals surface area contributed by atoms with E-state index in [9.17, 15) is 4.79 Å². The van der Waals surface area contributed by atoms with Gasteiger partial charge in [0.1, 0.15) is 0 Å². The molecular weight excluding hydrogens is 328 g/mol. The molecule has 7 nitrogen and oxygen atoms in total. The maximum Gasteiger partial charge on any atom is 0.256 e. The van der Waals surface area contributed by atoms with Crippen LogP contribution in [-0.4, -0.2) is 39.2 Å². The van der Waals surface area contributed by atoms with Crippen molar-refractivity contribution in [3.63, 3.8) is 0 Å². The van der Waals surface area contributed by atoms with Crippen LogP contribution in [0.2, 0.25) is 0 Å². The molecule has 136 valence electrons. The predicted molar refractivity (Wildman–Crippen MR) is 102 cm³/mol. The quantitative estimate of drug-likeness (QED) is 0.671. The van der Waals surface area contributed by atoms with Crippen molar-refractivity contribution in [2.45, 2.75) is 26.4 Å². The highest BCUT2D eigenvalue weighted by atomic mass is 16.1. The van der Waals surface area contributed by atoms with Crippen LogP contribution in [0.15, 0.2) is 18.2 Å². The van der Waals surface area contributed by atoms with E-state index in [0.717, 1.165) is 41.7 Å². The number of benzene rings is 1. The molecule has 0 atom stereocenters. The molecule has 0 radical (unpaired) electrons. The van der Waals surface area contributed by atoms with Gasteiger partial charge in [0, 0.05) is 66.5 Å². The summed E-state index contributed by atoms with van der Waals surface area (Å²) in [6, 6.07) is 5.80. The van der Waals surface area contributed by atoms with Crippen molar-refractivity contribution >= 4 is 22.6 Å². The fraction of sp³-hybridized carbons (Fsp3) is 0.368. The van der Waals surface area contributed by atoms with Crippen molar-refractivity contribution in [3.05, 3.63) is 46.3 Å². The van der Waals surface area contributed by atoms with Gasteiger partial charge in [-0.15, -0.1) is 0 Å². The fourth-order valence-corrected chi connectivity index (χ4v) is 3.67. The summed E-state index contributed by atoms with van der Waals surface area (Å²) >= 11 is 0. The van der Waals surface area contributed by atoms with Gasteiger partial charge in [-0.3, -0.25) is 9.48 Å². The van der Waals surface area contributed by atoms with Gasteiger partial charge in [0.25, 0.3) is 5.91 Å². The molecular formula is C19H24N6O. The van der Waals surface area contributed by atoms with Gasteiger partial charge in [-0.1, -0.05) is 0 Å². The van der Waals surface area contributed by atoms with Gasteiger partial charge in [-0.25, -0.2) is 0 Å². The van der Waals surface area contributed by atoms with Gasteiger partial charge in [0.15, 0.2) is 5.82 Å². The Labute approximate surface area is 152 Å². The molecule has 1 aliphatic heterocycles. The van der Waals surface area contributed by atoms with Crippen LogP contribution in [0.1, 0.15) is 32.9 Å². The average Bonchev–Trinajstić information content (AvgIpc) is 3.11. The van der Waals surface area contributed by atoms with E-state index < -0.39 is 0 Å². The molecule has 1 amide bonds. The van der Waals surface area contributed by atoms with E-state index in [1.165, 1.54) is 11.3 Å². The lowest BCUT2D eigenvalue weighted by Gasteiger charge is -2.22. The number of anilines is 1. The minimum Gasteiger partial charge on any atom is -0.358 e. The number of nitrogens with zero attached hydrogens (tertiary/aromatic N) is 3. The number of aromatic nitrogens is 3. The minimum absolute atomic E-state index is 0.168. The Morgan fingerprint density at radius 3 is 2.96 bits per heavy atom. The average molecular weight is 352 g/mol. The number of fused-ring (bicyclic) bond motifs is 3. The van der Waals surface area contributed by atoms with E-state index in [1.807, 2.05) is 32.2 Å². The summed E-state index contributed by atoms with van der Waals surface area (Å²) in [7, 11) is 3.97. The van der Waals surface area contributed by atoms with E-state index in [-0.39, 0.29) is 5.91 Å². The predicted octanol–water partition coefficient (Wildman–Crippen LogP) is 1.91. The van der Waals surface area contributed by atoms with Crippen LogP contribution in [0.25, 0.3) is 10.9 Å². The number of nitrogens with two attached hydrogens (primary N) is 1. The molecule has 3 heterocycles. The molecule has 3 aromatic rings. The first kappa shape index (κ1) is 16.8. The number of aromatic amines is 1. The summed E-state index contributed by atoms with van der Waals surface area (Å²) < 4.78 is 1.74. The minimum atomic E-state index is -0.168. The van der Waals surface area contributed by atoms with Gasteiger partial charge in [-0.05, 0) is 37.7 Å². The fourth-order valence-electron chi connectivity index (χ4n) is 3.67. The molecule has 1 aromatic carbocycles. The highest BCUT2D eigenvalue weighted by molar-refractivity contribution is 6.06. The van der Waals surface area contributed by atoms with Crippen molar-refractivity contribution in [3.8, 4) is 0 Å². The van der Waals surface area contributed by atoms with Gasteiger partial charge in [-0.2, -0.15) is 5.10 Å². The molecule has 0 bridgehead atoms. The zero-order valence-electron chi connectivity index (χ0n) is 15.4. The monoisotopic (exact) mass is 352 g/mol. The summed E-state index contributed by atoms with van der Waals surface area (Å²) in [5, 5.41) is 8.41. The smallest absolute Gasteiger partial charge is 0.256 e. The highest BCUT2D eigenvalue weighted by Gasteiger charge is 2.20. The van der Waals surface area contributed by atoms with Crippen molar-refractivity contribution in [2.75, 3.05) is 18.9 Å². The Hall–Kier alpha value is -2.64. The van der Waals surface area contributed by atoms with Crippen LogP contribution in [0, 0.1) is 6.92 Å². The summed E-state index contributed by atoms with van der Waals surface area (Å²) in [4.78, 5) is 18.6. The number of amides is 1. The van der Waals surface area contributed by atoms with Crippen LogP contribution >= 0.6 is 0 Å². The van der Waals surface area contributed by atoms with Crippen LogP contribution in [-0.2, 0) is 26.6 Å². The summed E-state index contributed by atoms with van der Waals surface area (Å²) in [6.07, 6.45) is 1.01. The maximum atomic E-state index is 12.8. The number of hydrogen-bond donors (Lipinski definition) is 3. The standard InChI is InChI=1S/C19H24N6O/c1-11-14(9-20)18(23-25(11)3)22-19(26)12-4-5-16-13(8-12)15-10-24(2)7-6-17(15)21-16/h4-5,8,21H,6-7,9-10,20H2,1-3H3,(H,22,23,26). The molecule has 4 N–H and O–H groups in total. The highest BCUT2D eigenvalue weighted by Crippen LogP contribution is 2.28. The lowest BCUT2D eigenvalue weighted by Crippen LogP contribution is -2.26. The number of hydrogen-bond acceptors (Lipinski definition) is 4. The Bertz CT molecular complexity index is 999. The van der Waals surface area contributed by atoms with E-state index >= 15 is 0 Å². The number of carbonyl (C=O) groups excluding carboxylic acids is 1. The second-order valence-electron chi connectivity index (χ2n) is 7.02. The third-order valence-electron chi connectivity index (χ3n) is 5.32. The van der Waals surface area contributed by atoms with Crippen LogP contribution in [0.4, 0.5) is 5.82 Å². The molecule has 0 aliphatic carbocycles. The second kappa shape index (κ2) is 6.26. The zero-order chi connectivity index (χ0) is 18.4. The third-order valence-corrected chi connectivity index (χ3v) is 5.32. The lowest BCUT2D eigenvalue weighted by molar-refractivity contribution is 0.102. The summed E-state index contributed by atoms with van der Waals surface area (Å²) in [5.74, 6) is 0.368. The first-order chi connectivity index (χ1) is 12.5. The SMILES string of the molecule is Cc1c(CN)c(NC(=O)c2ccc3[nH]c4c(c3c2)CN(C)CC4)nn1C. The van der Waals surface area contributed by atoms with Crippen LogP contribution in [0.5, 0.6) is 0 Å². The normalized spacial score (nSPS) is 14.6. The van der Waals surface area contributed by atoms with Gasteiger partial charge >= 0.3 is 0 Å². The van der Waals surface area contributed by atoms with Crippen LogP contribution in [0.3, 0.4) is 0 Å².